The van der Waals surface area contributed by atoms with Crippen LogP contribution in [0.1, 0.15) is 53.9 Å². The Morgan fingerprint density at radius 2 is 1.74 bits per heavy atom. The lowest BCUT2D eigenvalue weighted by Crippen LogP contribution is -2.64. The Bertz CT molecular complexity index is 385. The lowest BCUT2D eigenvalue weighted by molar-refractivity contribution is -0.167. The van der Waals surface area contributed by atoms with Gasteiger partial charge >= 0.3 is 5.97 Å². The number of carbonyl (C=O) groups is 2. The van der Waals surface area contributed by atoms with Gasteiger partial charge in [0.2, 0.25) is 5.91 Å². The van der Waals surface area contributed by atoms with Crippen LogP contribution in [-0.4, -0.2) is 39.5 Å². The van der Waals surface area contributed by atoms with Gasteiger partial charge < -0.3 is 15.7 Å². The van der Waals surface area contributed by atoms with Gasteiger partial charge in [-0.15, -0.1) is 0 Å². The Hall–Kier alpha value is -1.10. The summed E-state index contributed by atoms with van der Waals surface area (Å²) >= 11 is 0. The minimum atomic E-state index is -1.11. The van der Waals surface area contributed by atoms with E-state index >= 15 is 0 Å². The summed E-state index contributed by atoms with van der Waals surface area (Å²) in [5.74, 6) is -1.12. The molecule has 1 heterocycles. The Kier molecular flexibility index (Phi) is 4.01. The van der Waals surface area contributed by atoms with Gasteiger partial charge in [0, 0.05) is 12.1 Å². The molecule has 0 spiro atoms. The van der Waals surface area contributed by atoms with Gasteiger partial charge in [0.1, 0.15) is 5.54 Å². The highest BCUT2D eigenvalue weighted by molar-refractivity contribution is 5.90. The zero-order valence-electron chi connectivity index (χ0n) is 12.6. The van der Waals surface area contributed by atoms with Gasteiger partial charge in [-0.25, -0.2) is 4.79 Å². The van der Waals surface area contributed by atoms with Crippen molar-refractivity contribution in [1.29, 1.82) is 0 Å². The molecular formula is C14H26N2O3. The molecule has 1 unspecified atom stereocenters. The lowest BCUT2D eigenvalue weighted by atomic mass is 9.72. The molecule has 3 N–H and O–H groups in total. The second kappa shape index (κ2) is 4.78. The van der Waals surface area contributed by atoms with Crippen LogP contribution in [0.3, 0.4) is 0 Å². The highest BCUT2D eigenvalue weighted by atomic mass is 16.4. The normalized spacial score (nSPS) is 25.3. The van der Waals surface area contributed by atoms with Gasteiger partial charge in [-0.05, 0) is 53.9 Å². The SMILES string of the molecule is CC1(C(=O)O)CCCCN1C(=O)C(C)(C)C(C)(C)N. The van der Waals surface area contributed by atoms with Crippen LogP contribution in [0.15, 0.2) is 0 Å². The van der Waals surface area contributed by atoms with E-state index in [1.165, 1.54) is 4.90 Å². The molecule has 0 aromatic rings. The first-order valence-corrected chi connectivity index (χ1v) is 6.79. The molecule has 0 saturated carbocycles. The minimum absolute atomic E-state index is 0.176. The van der Waals surface area contributed by atoms with E-state index in [0.717, 1.165) is 12.8 Å². The third-order valence-electron chi connectivity index (χ3n) is 4.74. The maximum atomic E-state index is 12.8. The van der Waals surface area contributed by atoms with Crippen molar-refractivity contribution in [2.24, 2.45) is 11.1 Å². The van der Waals surface area contributed by atoms with Crippen molar-refractivity contribution in [1.82, 2.24) is 4.90 Å². The number of rotatable bonds is 3. The predicted molar refractivity (Wildman–Crippen MR) is 73.7 cm³/mol. The lowest BCUT2D eigenvalue weighted by Gasteiger charge is -2.48. The van der Waals surface area contributed by atoms with Crippen molar-refractivity contribution < 1.29 is 14.7 Å². The molecule has 1 aliphatic heterocycles. The first kappa shape index (κ1) is 16.0. The van der Waals surface area contributed by atoms with E-state index in [2.05, 4.69) is 0 Å². The third kappa shape index (κ3) is 2.61. The summed E-state index contributed by atoms with van der Waals surface area (Å²) in [5, 5.41) is 9.46. The van der Waals surface area contributed by atoms with Crippen molar-refractivity contribution in [3.63, 3.8) is 0 Å². The summed E-state index contributed by atoms with van der Waals surface area (Å²) in [6.45, 7) is 9.28. The molecule has 19 heavy (non-hydrogen) atoms. The molecule has 1 fully saturated rings. The molecule has 5 heteroatoms. The number of hydrogen-bond acceptors (Lipinski definition) is 3. The summed E-state index contributed by atoms with van der Waals surface area (Å²) in [4.78, 5) is 25.8. The quantitative estimate of drug-likeness (QED) is 0.816. The van der Waals surface area contributed by atoms with Crippen LogP contribution in [0.2, 0.25) is 0 Å². The molecule has 1 rings (SSSR count). The fraction of sp³-hybridized carbons (Fsp3) is 0.857. The maximum Gasteiger partial charge on any atom is 0.329 e. The van der Waals surface area contributed by atoms with E-state index in [-0.39, 0.29) is 5.91 Å². The van der Waals surface area contributed by atoms with Gasteiger partial charge in [-0.2, -0.15) is 0 Å². The summed E-state index contributed by atoms with van der Waals surface area (Å²) in [5.41, 5.74) is 3.47. The molecule has 0 aromatic heterocycles. The molecule has 0 radical (unpaired) electrons. The molecule has 5 nitrogen and oxygen atoms in total. The van der Waals surface area contributed by atoms with E-state index in [0.29, 0.717) is 13.0 Å². The molecule has 1 saturated heterocycles. The van der Waals surface area contributed by atoms with Crippen LogP contribution in [0, 0.1) is 5.41 Å². The molecule has 1 atom stereocenters. The number of hydrogen-bond donors (Lipinski definition) is 2. The minimum Gasteiger partial charge on any atom is -0.480 e. The number of nitrogens with zero attached hydrogens (tertiary/aromatic N) is 1. The summed E-state index contributed by atoms with van der Waals surface area (Å²) in [7, 11) is 0. The average molecular weight is 270 g/mol. The van der Waals surface area contributed by atoms with E-state index in [1.807, 2.05) is 0 Å². The van der Waals surface area contributed by atoms with E-state index in [9.17, 15) is 14.7 Å². The molecule has 110 valence electrons. The van der Waals surface area contributed by atoms with E-state index in [1.54, 1.807) is 34.6 Å². The second-order valence-corrected chi connectivity index (χ2v) is 6.84. The number of carboxylic acids is 1. The van der Waals surface area contributed by atoms with Crippen LogP contribution in [-0.2, 0) is 9.59 Å². The first-order valence-electron chi connectivity index (χ1n) is 6.79. The smallest absolute Gasteiger partial charge is 0.329 e. The monoisotopic (exact) mass is 270 g/mol. The molecule has 0 bridgehead atoms. The van der Waals surface area contributed by atoms with Gasteiger partial charge in [-0.1, -0.05) is 0 Å². The Morgan fingerprint density at radius 3 is 2.16 bits per heavy atom. The number of piperidine rings is 1. The highest BCUT2D eigenvalue weighted by Crippen LogP contribution is 2.36. The van der Waals surface area contributed by atoms with Crippen molar-refractivity contribution >= 4 is 11.9 Å². The summed E-state index contributed by atoms with van der Waals surface area (Å²) in [6, 6.07) is 0. The second-order valence-electron chi connectivity index (χ2n) is 6.84. The van der Waals surface area contributed by atoms with E-state index in [4.69, 9.17) is 5.73 Å². The van der Waals surface area contributed by atoms with Crippen molar-refractivity contribution in [2.75, 3.05) is 6.54 Å². The molecule has 1 aliphatic rings. The van der Waals surface area contributed by atoms with Crippen LogP contribution in [0.5, 0.6) is 0 Å². The van der Waals surface area contributed by atoms with Crippen molar-refractivity contribution in [3.05, 3.63) is 0 Å². The predicted octanol–water partition coefficient (Wildman–Crippen LogP) is 1.61. The molecule has 0 aromatic carbocycles. The van der Waals surface area contributed by atoms with Crippen LogP contribution < -0.4 is 5.73 Å². The number of carboxylic acid groups (broad SMARTS) is 1. The third-order valence-corrected chi connectivity index (χ3v) is 4.74. The molecular weight excluding hydrogens is 244 g/mol. The standard InChI is InChI=1S/C14H26N2O3/c1-12(2,13(3,4)15)10(17)16-9-7-6-8-14(16,5)11(18)19/h6-9,15H2,1-5H3,(H,18,19). The van der Waals surface area contributed by atoms with Crippen molar-refractivity contribution in [3.8, 4) is 0 Å². The van der Waals surface area contributed by atoms with Gasteiger partial charge in [0.15, 0.2) is 0 Å². The molecule has 0 aliphatic carbocycles. The van der Waals surface area contributed by atoms with Gasteiger partial charge in [0.05, 0.1) is 5.41 Å². The number of aliphatic carboxylic acids is 1. The summed E-state index contributed by atoms with van der Waals surface area (Å²) < 4.78 is 0. The Labute approximate surface area is 115 Å². The number of likely N-dealkylation sites (tertiary alicyclic amines) is 1. The zero-order chi connectivity index (χ0) is 15.1. The number of carbonyl (C=O) groups excluding carboxylic acids is 1. The zero-order valence-corrected chi connectivity index (χ0v) is 12.6. The van der Waals surface area contributed by atoms with Crippen LogP contribution >= 0.6 is 0 Å². The number of nitrogens with two attached hydrogens (primary N) is 1. The Balaban J connectivity index is 3.13. The average Bonchev–Trinajstić information content (AvgIpc) is 2.27. The fourth-order valence-corrected chi connectivity index (χ4v) is 2.28. The number of amides is 1. The highest BCUT2D eigenvalue weighted by Gasteiger charge is 2.50. The first-order chi connectivity index (χ1) is 8.44. The molecule has 1 amide bonds. The van der Waals surface area contributed by atoms with Gasteiger partial charge in [-0.3, -0.25) is 4.79 Å². The van der Waals surface area contributed by atoms with Crippen LogP contribution in [0.25, 0.3) is 0 Å². The Morgan fingerprint density at radius 1 is 1.21 bits per heavy atom. The van der Waals surface area contributed by atoms with E-state index < -0.39 is 22.5 Å². The summed E-state index contributed by atoms with van der Waals surface area (Å²) in [6.07, 6.45) is 2.17. The fourth-order valence-electron chi connectivity index (χ4n) is 2.28. The van der Waals surface area contributed by atoms with Crippen molar-refractivity contribution in [2.45, 2.75) is 65.0 Å². The van der Waals surface area contributed by atoms with Gasteiger partial charge in [0.25, 0.3) is 0 Å². The largest absolute Gasteiger partial charge is 0.480 e. The topological polar surface area (TPSA) is 83.6 Å². The van der Waals surface area contributed by atoms with Crippen LogP contribution in [0.4, 0.5) is 0 Å². The maximum absolute atomic E-state index is 12.8.